The Labute approximate surface area is 117 Å². The number of carbonyl (C=O) groups excluding carboxylic acids is 1. The molecular weight excluding hydrogens is 318 g/mol. The summed E-state index contributed by atoms with van der Waals surface area (Å²) in [6, 6.07) is 9.85. The summed E-state index contributed by atoms with van der Waals surface area (Å²) in [7, 11) is 0. The van der Waals surface area contributed by atoms with Crippen LogP contribution in [0, 0.1) is 0 Å². The van der Waals surface area contributed by atoms with Crippen molar-refractivity contribution in [3.05, 3.63) is 39.5 Å². The van der Waals surface area contributed by atoms with Gasteiger partial charge in [-0.3, -0.25) is 4.79 Å². The van der Waals surface area contributed by atoms with Crippen molar-refractivity contribution in [2.24, 2.45) is 0 Å². The van der Waals surface area contributed by atoms with E-state index in [2.05, 4.69) is 27.3 Å². The van der Waals surface area contributed by atoms with Crippen LogP contribution in [0.3, 0.4) is 0 Å². The number of para-hydroxylation sites is 1. The number of thiophene rings is 1. The van der Waals surface area contributed by atoms with Gasteiger partial charge in [-0.05, 0) is 39.5 Å². The molecule has 0 bridgehead atoms. The van der Waals surface area contributed by atoms with E-state index >= 15 is 0 Å². The van der Waals surface area contributed by atoms with E-state index in [0.717, 1.165) is 19.3 Å². The molecule has 0 spiro atoms. The van der Waals surface area contributed by atoms with E-state index in [0.29, 0.717) is 0 Å². The van der Waals surface area contributed by atoms with Crippen LogP contribution in [0.1, 0.15) is 6.92 Å². The number of benzene rings is 1. The predicted molar refractivity (Wildman–Crippen MR) is 76.9 cm³/mol. The molecule has 0 unspecified atom stereocenters. The van der Waals surface area contributed by atoms with Gasteiger partial charge in [0.25, 0.3) is 0 Å². The van der Waals surface area contributed by atoms with Gasteiger partial charge in [0.05, 0.1) is 9.47 Å². The summed E-state index contributed by atoms with van der Waals surface area (Å²) >= 11 is 6.80. The molecule has 0 radical (unpaired) electrons. The zero-order valence-corrected chi connectivity index (χ0v) is 12.3. The molecule has 0 atom stereocenters. The molecule has 0 saturated heterocycles. The van der Waals surface area contributed by atoms with Crippen LogP contribution in [-0.2, 0) is 4.79 Å². The molecule has 2 nitrogen and oxygen atoms in total. The summed E-state index contributed by atoms with van der Waals surface area (Å²) in [6.07, 6.45) is 0. The van der Waals surface area contributed by atoms with Crippen molar-refractivity contribution < 1.29 is 4.79 Å². The second-order valence-electron chi connectivity index (χ2n) is 3.34. The first-order valence-electron chi connectivity index (χ1n) is 4.94. The first-order valence-corrected chi connectivity index (χ1v) is 7.43. The molecule has 0 aliphatic rings. The van der Waals surface area contributed by atoms with Gasteiger partial charge in [0.1, 0.15) is 0 Å². The molecule has 1 heterocycles. The maximum absolute atomic E-state index is 11.1. The van der Waals surface area contributed by atoms with Crippen molar-refractivity contribution in [3.8, 4) is 0 Å². The van der Waals surface area contributed by atoms with Gasteiger partial charge in [0.2, 0.25) is 5.91 Å². The normalized spacial score (nSPS) is 10.2. The number of amides is 1. The third-order valence-electron chi connectivity index (χ3n) is 2.00. The first kappa shape index (κ1) is 12.7. The van der Waals surface area contributed by atoms with E-state index in [1.807, 2.05) is 29.6 Å². The van der Waals surface area contributed by atoms with Crippen LogP contribution in [0.25, 0.3) is 0 Å². The fraction of sp³-hybridized carbons (Fsp3) is 0.0833. The molecule has 1 aromatic heterocycles. The standard InChI is InChI=1S/C12H10BrNOS2/c1-8(15)14-9-4-2-3-5-10(9)17-11-6-7-16-12(11)13/h2-7H,1H3,(H,14,15). The van der Waals surface area contributed by atoms with Gasteiger partial charge in [-0.25, -0.2) is 0 Å². The number of carbonyl (C=O) groups is 1. The van der Waals surface area contributed by atoms with E-state index < -0.39 is 0 Å². The van der Waals surface area contributed by atoms with Crippen LogP contribution in [-0.4, -0.2) is 5.91 Å². The third-order valence-corrected chi connectivity index (χ3v) is 5.22. The highest BCUT2D eigenvalue weighted by Crippen LogP contribution is 2.39. The Bertz CT molecular complexity index is 539. The summed E-state index contributed by atoms with van der Waals surface area (Å²) in [5.74, 6) is -0.0533. The lowest BCUT2D eigenvalue weighted by molar-refractivity contribution is -0.114. The predicted octanol–water partition coefficient (Wildman–Crippen LogP) is 4.62. The summed E-state index contributed by atoms with van der Waals surface area (Å²) < 4.78 is 1.11. The zero-order valence-electron chi connectivity index (χ0n) is 9.07. The molecule has 1 amide bonds. The van der Waals surface area contributed by atoms with Crippen molar-refractivity contribution in [2.45, 2.75) is 16.7 Å². The minimum Gasteiger partial charge on any atom is -0.325 e. The topological polar surface area (TPSA) is 29.1 Å². The van der Waals surface area contributed by atoms with Crippen molar-refractivity contribution in [1.29, 1.82) is 0 Å². The Balaban J connectivity index is 2.26. The minimum atomic E-state index is -0.0533. The summed E-state index contributed by atoms with van der Waals surface area (Å²) in [6.45, 7) is 1.52. The second-order valence-corrected chi connectivity index (χ2v) is 6.66. The van der Waals surface area contributed by atoms with E-state index in [1.54, 1.807) is 23.1 Å². The molecule has 1 N–H and O–H groups in total. The maximum atomic E-state index is 11.1. The summed E-state index contributed by atoms with van der Waals surface area (Å²) in [5, 5.41) is 4.87. The Morgan fingerprint density at radius 1 is 1.29 bits per heavy atom. The largest absolute Gasteiger partial charge is 0.325 e. The zero-order chi connectivity index (χ0) is 12.3. The highest BCUT2D eigenvalue weighted by molar-refractivity contribution is 9.11. The molecule has 0 aliphatic heterocycles. The molecule has 0 saturated carbocycles. The van der Waals surface area contributed by atoms with Crippen molar-refractivity contribution in [3.63, 3.8) is 0 Å². The van der Waals surface area contributed by atoms with E-state index in [-0.39, 0.29) is 5.91 Å². The molecule has 88 valence electrons. The number of anilines is 1. The van der Waals surface area contributed by atoms with Crippen LogP contribution in [0.5, 0.6) is 0 Å². The van der Waals surface area contributed by atoms with Crippen molar-refractivity contribution >= 4 is 50.6 Å². The smallest absolute Gasteiger partial charge is 0.221 e. The highest BCUT2D eigenvalue weighted by atomic mass is 79.9. The van der Waals surface area contributed by atoms with Crippen LogP contribution >= 0.6 is 39.0 Å². The summed E-state index contributed by atoms with van der Waals surface area (Å²) in [4.78, 5) is 13.3. The number of rotatable bonds is 3. The number of halogens is 1. The third kappa shape index (κ3) is 3.34. The number of hydrogen-bond acceptors (Lipinski definition) is 3. The molecule has 0 aliphatic carbocycles. The molecule has 1 aromatic carbocycles. The second kappa shape index (κ2) is 5.71. The fourth-order valence-corrected chi connectivity index (χ4v) is 3.71. The monoisotopic (exact) mass is 327 g/mol. The van der Waals surface area contributed by atoms with Crippen LogP contribution in [0.4, 0.5) is 5.69 Å². The van der Waals surface area contributed by atoms with Gasteiger partial charge in [0, 0.05) is 16.7 Å². The molecule has 2 rings (SSSR count). The molecule has 5 heteroatoms. The van der Waals surface area contributed by atoms with Crippen molar-refractivity contribution in [2.75, 3.05) is 5.32 Å². The number of hydrogen-bond donors (Lipinski definition) is 1. The van der Waals surface area contributed by atoms with Gasteiger partial charge in [-0.15, -0.1) is 11.3 Å². The van der Waals surface area contributed by atoms with Crippen LogP contribution in [0.2, 0.25) is 0 Å². The quantitative estimate of drug-likeness (QED) is 0.891. The molecular formula is C12H10BrNOS2. The fourth-order valence-electron chi connectivity index (χ4n) is 1.32. The minimum absolute atomic E-state index is 0.0533. The maximum Gasteiger partial charge on any atom is 0.221 e. The Kier molecular flexibility index (Phi) is 4.25. The molecule has 2 aromatic rings. The average molecular weight is 328 g/mol. The van der Waals surface area contributed by atoms with E-state index in [9.17, 15) is 4.79 Å². The van der Waals surface area contributed by atoms with Gasteiger partial charge in [0.15, 0.2) is 0 Å². The lowest BCUT2D eigenvalue weighted by Crippen LogP contribution is -2.06. The molecule has 0 fully saturated rings. The van der Waals surface area contributed by atoms with E-state index in [4.69, 9.17) is 0 Å². The number of nitrogens with one attached hydrogen (secondary N) is 1. The van der Waals surface area contributed by atoms with Gasteiger partial charge in [-0.1, -0.05) is 23.9 Å². The van der Waals surface area contributed by atoms with E-state index in [1.165, 1.54) is 6.92 Å². The Hall–Kier alpha value is -0.780. The van der Waals surface area contributed by atoms with Crippen LogP contribution < -0.4 is 5.32 Å². The van der Waals surface area contributed by atoms with Crippen molar-refractivity contribution in [1.82, 2.24) is 0 Å². The highest BCUT2D eigenvalue weighted by Gasteiger charge is 2.08. The molecule has 17 heavy (non-hydrogen) atoms. The summed E-state index contributed by atoms with van der Waals surface area (Å²) in [5.41, 5.74) is 0.850. The lowest BCUT2D eigenvalue weighted by Gasteiger charge is -2.08. The van der Waals surface area contributed by atoms with Gasteiger partial charge in [-0.2, -0.15) is 0 Å². The van der Waals surface area contributed by atoms with Gasteiger partial charge < -0.3 is 5.32 Å². The SMILES string of the molecule is CC(=O)Nc1ccccc1Sc1ccsc1Br. The van der Waals surface area contributed by atoms with Crippen LogP contribution in [0.15, 0.2) is 49.3 Å². The van der Waals surface area contributed by atoms with Gasteiger partial charge >= 0.3 is 0 Å². The Morgan fingerprint density at radius 2 is 2.06 bits per heavy atom. The lowest BCUT2D eigenvalue weighted by atomic mass is 10.3. The Morgan fingerprint density at radius 3 is 2.71 bits per heavy atom. The first-order chi connectivity index (χ1) is 8.16. The average Bonchev–Trinajstić information content (AvgIpc) is 2.67.